The normalized spacial score (nSPS) is 19.8. The van der Waals surface area contributed by atoms with Crippen molar-refractivity contribution in [2.75, 3.05) is 19.7 Å². The highest BCUT2D eigenvalue weighted by Gasteiger charge is 2.29. The smallest absolute Gasteiger partial charge is 0.273 e. The predicted octanol–water partition coefficient (Wildman–Crippen LogP) is 1.95. The van der Waals surface area contributed by atoms with E-state index < -0.39 is 0 Å². The van der Waals surface area contributed by atoms with Crippen molar-refractivity contribution in [2.45, 2.75) is 32.0 Å². The summed E-state index contributed by atoms with van der Waals surface area (Å²) < 4.78 is 9.67. The third-order valence-electron chi connectivity index (χ3n) is 4.22. The molecule has 1 fully saturated rings. The minimum Gasteiger partial charge on any atom is -0.373 e. The van der Waals surface area contributed by atoms with Crippen molar-refractivity contribution < 1.29 is 9.53 Å². The molecule has 1 N–H and O–H groups in total. The van der Waals surface area contributed by atoms with Crippen molar-refractivity contribution in [3.8, 4) is 0 Å². The first-order chi connectivity index (χ1) is 11.8. The molecule has 7 heteroatoms. The Bertz CT molecular complexity index is 635. The second kappa shape index (κ2) is 8.32. The number of carbonyl (C=O) groups excluding carboxylic acids is 1. The molecule has 1 aliphatic heterocycles. The van der Waals surface area contributed by atoms with Gasteiger partial charge in [0.1, 0.15) is 0 Å². The Morgan fingerprint density at radius 1 is 1.46 bits per heavy atom. The summed E-state index contributed by atoms with van der Waals surface area (Å²) >= 11 is 1.18. The Morgan fingerprint density at radius 3 is 3.00 bits per heavy atom. The van der Waals surface area contributed by atoms with Crippen LogP contribution in [0, 0.1) is 0 Å². The molecule has 0 radical (unpaired) electrons. The van der Waals surface area contributed by atoms with Gasteiger partial charge in [0.15, 0.2) is 5.69 Å². The van der Waals surface area contributed by atoms with E-state index in [0.29, 0.717) is 12.3 Å². The molecular formula is C17H22N4O2S. The third kappa shape index (κ3) is 4.37. The monoisotopic (exact) mass is 346 g/mol. The van der Waals surface area contributed by atoms with Gasteiger partial charge in [0.25, 0.3) is 5.91 Å². The lowest BCUT2D eigenvalue weighted by Crippen LogP contribution is -2.53. The highest BCUT2D eigenvalue weighted by Crippen LogP contribution is 2.15. The fourth-order valence-corrected chi connectivity index (χ4v) is 3.36. The molecule has 1 aromatic carbocycles. The van der Waals surface area contributed by atoms with Gasteiger partial charge in [0.2, 0.25) is 0 Å². The molecule has 1 aromatic heterocycles. The Morgan fingerprint density at radius 2 is 2.29 bits per heavy atom. The van der Waals surface area contributed by atoms with Crippen LogP contribution in [0.2, 0.25) is 0 Å². The van der Waals surface area contributed by atoms with Gasteiger partial charge in [0.05, 0.1) is 18.8 Å². The van der Waals surface area contributed by atoms with Crippen LogP contribution in [-0.2, 0) is 11.3 Å². The summed E-state index contributed by atoms with van der Waals surface area (Å²) in [5.41, 5.74) is 1.67. The van der Waals surface area contributed by atoms with Gasteiger partial charge in [-0.3, -0.25) is 9.69 Å². The Hall–Kier alpha value is -1.83. The largest absolute Gasteiger partial charge is 0.373 e. The molecule has 2 atom stereocenters. The van der Waals surface area contributed by atoms with E-state index in [-0.39, 0.29) is 18.1 Å². The summed E-state index contributed by atoms with van der Waals surface area (Å²) in [5, 5.41) is 8.52. The lowest BCUT2D eigenvalue weighted by Gasteiger charge is -2.37. The number of rotatable bonds is 6. The molecular weight excluding hydrogens is 324 g/mol. The fraction of sp³-hybridized carbons (Fsp3) is 0.471. The zero-order chi connectivity index (χ0) is 16.8. The average Bonchev–Trinajstić information content (AvgIpc) is 3.15. The van der Waals surface area contributed by atoms with Crippen molar-refractivity contribution >= 4 is 17.4 Å². The molecule has 1 saturated heterocycles. The van der Waals surface area contributed by atoms with E-state index in [0.717, 1.165) is 26.1 Å². The Labute approximate surface area is 146 Å². The van der Waals surface area contributed by atoms with Crippen LogP contribution >= 0.6 is 11.5 Å². The zero-order valence-electron chi connectivity index (χ0n) is 13.7. The van der Waals surface area contributed by atoms with Gasteiger partial charge >= 0.3 is 0 Å². The fourth-order valence-electron chi connectivity index (χ4n) is 2.92. The SMILES string of the molecule is CCC(NC(=O)c1csnn1)C1CN(Cc2ccccc2)CCO1. The molecule has 0 saturated carbocycles. The number of nitrogens with zero attached hydrogens (tertiary/aromatic N) is 3. The molecule has 24 heavy (non-hydrogen) atoms. The molecule has 128 valence electrons. The molecule has 0 aliphatic carbocycles. The number of amides is 1. The lowest BCUT2D eigenvalue weighted by atomic mass is 10.1. The number of morpholine rings is 1. The van der Waals surface area contributed by atoms with Gasteiger partial charge in [-0.15, -0.1) is 5.10 Å². The maximum absolute atomic E-state index is 12.2. The zero-order valence-corrected chi connectivity index (χ0v) is 14.5. The van der Waals surface area contributed by atoms with Gasteiger partial charge in [-0.1, -0.05) is 41.7 Å². The van der Waals surface area contributed by atoms with E-state index in [9.17, 15) is 4.79 Å². The Balaban J connectivity index is 1.58. The maximum Gasteiger partial charge on any atom is 0.273 e. The maximum atomic E-state index is 12.2. The van der Waals surface area contributed by atoms with Crippen molar-refractivity contribution in [3.05, 3.63) is 47.0 Å². The van der Waals surface area contributed by atoms with Gasteiger partial charge in [-0.25, -0.2) is 0 Å². The number of aromatic nitrogens is 2. The van der Waals surface area contributed by atoms with E-state index >= 15 is 0 Å². The summed E-state index contributed by atoms with van der Waals surface area (Å²) in [7, 11) is 0. The van der Waals surface area contributed by atoms with Crippen molar-refractivity contribution in [3.63, 3.8) is 0 Å². The molecule has 2 unspecified atom stereocenters. The average molecular weight is 346 g/mol. The minimum absolute atomic E-state index is 0.0111. The first kappa shape index (κ1) is 17.0. The highest BCUT2D eigenvalue weighted by molar-refractivity contribution is 7.03. The minimum atomic E-state index is -0.181. The van der Waals surface area contributed by atoms with E-state index in [4.69, 9.17) is 4.74 Å². The van der Waals surface area contributed by atoms with Crippen molar-refractivity contribution in [1.29, 1.82) is 0 Å². The third-order valence-corrected chi connectivity index (χ3v) is 4.73. The van der Waals surface area contributed by atoms with Crippen LogP contribution in [0.5, 0.6) is 0 Å². The number of hydrogen-bond acceptors (Lipinski definition) is 6. The first-order valence-corrected chi connectivity index (χ1v) is 9.05. The molecule has 0 spiro atoms. The summed E-state index contributed by atoms with van der Waals surface area (Å²) in [5.74, 6) is -0.181. The van der Waals surface area contributed by atoms with Crippen LogP contribution in [0.3, 0.4) is 0 Å². The topological polar surface area (TPSA) is 67.4 Å². The molecule has 2 heterocycles. The molecule has 6 nitrogen and oxygen atoms in total. The number of carbonyl (C=O) groups is 1. The van der Waals surface area contributed by atoms with Crippen molar-refractivity contribution in [1.82, 2.24) is 19.8 Å². The van der Waals surface area contributed by atoms with E-state index in [1.807, 2.05) is 6.07 Å². The molecule has 1 aliphatic rings. The number of hydrogen-bond donors (Lipinski definition) is 1. The molecule has 3 rings (SSSR count). The van der Waals surface area contributed by atoms with Crippen LogP contribution in [-0.4, -0.2) is 52.2 Å². The quantitative estimate of drug-likeness (QED) is 0.866. The molecule has 1 amide bonds. The summed E-state index contributed by atoms with van der Waals surface area (Å²) in [4.78, 5) is 14.6. The number of ether oxygens (including phenoxy) is 1. The summed E-state index contributed by atoms with van der Waals surface area (Å²) in [6.07, 6.45) is 0.802. The van der Waals surface area contributed by atoms with Crippen LogP contribution in [0.15, 0.2) is 35.7 Å². The lowest BCUT2D eigenvalue weighted by molar-refractivity contribution is -0.0483. The van der Waals surface area contributed by atoms with Gasteiger partial charge < -0.3 is 10.1 Å². The highest BCUT2D eigenvalue weighted by atomic mass is 32.1. The van der Waals surface area contributed by atoms with Crippen LogP contribution in [0.4, 0.5) is 0 Å². The summed E-state index contributed by atoms with van der Waals surface area (Å²) in [6, 6.07) is 10.4. The summed E-state index contributed by atoms with van der Waals surface area (Å²) in [6.45, 7) is 5.36. The second-order valence-electron chi connectivity index (χ2n) is 5.91. The van der Waals surface area contributed by atoms with Gasteiger partial charge in [-0.05, 0) is 23.5 Å². The van der Waals surface area contributed by atoms with Crippen molar-refractivity contribution in [2.24, 2.45) is 0 Å². The van der Waals surface area contributed by atoms with Gasteiger partial charge in [-0.2, -0.15) is 0 Å². The number of nitrogens with one attached hydrogen (secondary N) is 1. The van der Waals surface area contributed by atoms with E-state index in [1.165, 1.54) is 17.1 Å². The number of benzene rings is 1. The molecule has 0 bridgehead atoms. The Kier molecular flexibility index (Phi) is 5.90. The van der Waals surface area contributed by atoms with Crippen LogP contribution in [0.1, 0.15) is 29.4 Å². The first-order valence-electron chi connectivity index (χ1n) is 8.22. The van der Waals surface area contributed by atoms with Crippen LogP contribution < -0.4 is 5.32 Å². The predicted molar refractivity (Wildman–Crippen MR) is 92.9 cm³/mol. The van der Waals surface area contributed by atoms with Crippen LogP contribution in [0.25, 0.3) is 0 Å². The standard InChI is InChI=1S/C17H22N4O2S/c1-2-14(18-17(22)15-12-24-20-19-15)16-11-21(8-9-23-16)10-13-6-4-3-5-7-13/h3-7,12,14,16H,2,8-11H2,1H3,(H,18,22). The van der Waals surface area contributed by atoms with Gasteiger partial charge in [0, 0.05) is 25.0 Å². The second-order valence-corrected chi connectivity index (χ2v) is 6.52. The molecule has 2 aromatic rings. The van der Waals surface area contributed by atoms with E-state index in [2.05, 4.69) is 51.0 Å². The van der Waals surface area contributed by atoms with E-state index in [1.54, 1.807) is 5.38 Å².